The molecule has 0 aliphatic rings. The number of anilines is 1. The Hall–Kier alpha value is -1.56. The number of halogens is 5. The van der Waals surface area contributed by atoms with Crippen LogP contribution >= 0.6 is 15.9 Å². The third-order valence-electron chi connectivity index (χ3n) is 2.67. The standard InChI is InChI=1S/C14H10BrF4N/c15-12-5-4-10(14(17,18)19)7-13(12)20-8-9-2-1-3-11(16)6-9/h1-7,20H,8H2. The third-order valence-corrected chi connectivity index (χ3v) is 3.36. The van der Waals surface area contributed by atoms with Gasteiger partial charge < -0.3 is 5.32 Å². The van der Waals surface area contributed by atoms with Gasteiger partial charge in [0.1, 0.15) is 5.82 Å². The molecular weight excluding hydrogens is 338 g/mol. The normalized spacial score (nSPS) is 11.4. The first kappa shape index (κ1) is 14.8. The van der Waals surface area contributed by atoms with Crippen LogP contribution in [0.15, 0.2) is 46.9 Å². The zero-order chi connectivity index (χ0) is 14.8. The Labute approximate surface area is 121 Å². The predicted molar refractivity (Wildman–Crippen MR) is 72.9 cm³/mol. The van der Waals surface area contributed by atoms with Crippen LogP contribution in [0.1, 0.15) is 11.1 Å². The molecule has 0 saturated carbocycles. The minimum Gasteiger partial charge on any atom is -0.380 e. The molecule has 6 heteroatoms. The van der Waals surface area contributed by atoms with Gasteiger partial charge in [-0.1, -0.05) is 12.1 Å². The van der Waals surface area contributed by atoms with E-state index in [4.69, 9.17) is 0 Å². The maximum Gasteiger partial charge on any atom is 0.416 e. The molecule has 0 atom stereocenters. The maximum atomic E-state index is 13.0. The largest absolute Gasteiger partial charge is 0.416 e. The van der Waals surface area contributed by atoms with Crippen molar-refractivity contribution in [3.05, 3.63) is 63.9 Å². The highest BCUT2D eigenvalue weighted by atomic mass is 79.9. The Morgan fingerprint density at radius 1 is 1.05 bits per heavy atom. The summed E-state index contributed by atoms with van der Waals surface area (Å²) < 4.78 is 51.4. The number of benzene rings is 2. The first-order valence-electron chi connectivity index (χ1n) is 5.71. The predicted octanol–water partition coefficient (Wildman–Crippen LogP) is 5.22. The van der Waals surface area contributed by atoms with Crippen molar-refractivity contribution < 1.29 is 17.6 Å². The van der Waals surface area contributed by atoms with Gasteiger partial charge in [-0.15, -0.1) is 0 Å². The molecule has 0 fully saturated rings. The minimum absolute atomic E-state index is 0.234. The third kappa shape index (κ3) is 3.72. The molecule has 2 aromatic carbocycles. The van der Waals surface area contributed by atoms with E-state index in [2.05, 4.69) is 21.2 Å². The molecule has 1 nitrogen and oxygen atoms in total. The van der Waals surface area contributed by atoms with Gasteiger partial charge in [0.15, 0.2) is 0 Å². The van der Waals surface area contributed by atoms with E-state index in [0.717, 1.165) is 12.1 Å². The van der Waals surface area contributed by atoms with Crippen molar-refractivity contribution in [2.24, 2.45) is 0 Å². The second-order valence-electron chi connectivity index (χ2n) is 4.18. The Balaban J connectivity index is 2.17. The van der Waals surface area contributed by atoms with Gasteiger partial charge in [0.25, 0.3) is 0 Å². The molecule has 0 aliphatic heterocycles. The number of rotatable bonds is 3. The second-order valence-corrected chi connectivity index (χ2v) is 5.03. The average Bonchev–Trinajstić information content (AvgIpc) is 2.36. The fourth-order valence-electron chi connectivity index (χ4n) is 1.68. The SMILES string of the molecule is Fc1cccc(CNc2cc(C(F)(F)F)ccc2Br)c1. The lowest BCUT2D eigenvalue weighted by Gasteiger charge is -2.12. The summed E-state index contributed by atoms with van der Waals surface area (Å²) in [5, 5.41) is 2.86. The van der Waals surface area contributed by atoms with Gasteiger partial charge in [0, 0.05) is 16.7 Å². The number of hydrogen-bond donors (Lipinski definition) is 1. The molecule has 1 N–H and O–H groups in total. The second kappa shape index (κ2) is 5.83. The molecule has 0 aliphatic carbocycles. The monoisotopic (exact) mass is 347 g/mol. The highest BCUT2D eigenvalue weighted by molar-refractivity contribution is 9.10. The summed E-state index contributed by atoms with van der Waals surface area (Å²) in [5.41, 5.74) is 0.223. The maximum absolute atomic E-state index is 13.0. The van der Waals surface area contributed by atoms with E-state index >= 15 is 0 Å². The first-order chi connectivity index (χ1) is 9.36. The van der Waals surface area contributed by atoms with Crippen molar-refractivity contribution in [1.82, 2.24) is 0 Å². The number of alkyl halides is 3. The van der Waals surface area contributed by atoms with E-state index in [0.29, 0.717) is 15.7 Å². The van der Waals surface area contributed by atoms with Crippen molar-refractivity contribution in [3.63, 3.8) is 0 Å². The topological polar surface area (TPSA) is 12.0 Å². The van der Waals surface area contributed by atoms with Crippen LogP contribution in [0.3, 0.4) is 0 Å². The molecule has 0 spiro atoms. The quantitative estimate of drug-likeness (QED) is 0.750. The Bertz CT molecular complexity index is 610. The minimum atomic E-state index is -4.39. The molecule has 0 heterocycles. The van der Waals surface area contributed by atoms with Gasteiger partial charge in [-0.05, 0) is 51.8 Å². The summed E-state index contributed by atoms with van der Waals surface area (Å²) in [4.78, 5) is 0. The lowest BCUT2D eigenvalue weighted by atomic mass is 10.1. The Morgan fingerprint density at radius 2 is 1.80 bits per heavy atom. The van der Waals surface area contributed by atoms with E-state index in [1.54, 1.807) is 12.1 Å². The van der Waals surface area contributed by atoms with Crippen LogP contribution in [0.2, 0.25) is 0 Å². The van der Waals surface area contributed by atoms with Gasteiger partial charge in [-0.3, -0.25) is 0 Å². The van der Waals surface area contributed by atoms with Crippen molar-refractivity contribution >= 4 is 21.6 Å². The van der Waals surface area contributed by atoms with Crippen molar-refractivity contribution in [2.75, 3.05) is 5.32 Å². The van der Waals surface area contributed by atoms with Crippen molar-refractivity contribution in [2.45, 2.75) is 12.7 Å². The van der Waals surface area contributed by atoms with E-state index in [-0.39, 0.29) is 12.4 Å². The van der Waals surface area contributed by atoms with Crippen LogP contribution < -0.4 is 5.32 Å². The summed E-state index contributed by atoms with van der Waals surface area (Å²) in [6.07, 6.45) is -4.39. The Morgan fingerprint density at radius 3 is 2.45 bits per heavy atom. The molecular formula is C14H10BrF4N. The zero-order valence-corrected chi connectivity index (χ0v) is 11.7. The molecule has 0 saturated heterocycles. The molecule has 0 unspecified atom stereocenters. The van der Waals surface area contributed by atoms with Crippen molar-refractivity contribution in [3.8, 4) is 0 Å². The van der Waals surface area contributed by atoms with E-state index in [1.807, 2.05) is 0 Å². The van der Waals surface area contributed by atoms with Gasteiger partial charge in [0.2, 0.25) is 0 Å². The van der Waals surface area contributed by atoms with E-state index in [1.165, 1.54) is 18.2 Å². The van der Waals surface area contributed by atoms with Crippen LogP contribution in [0.25, 0.3) is 0 Å². The number of hydrogen-bond acceptors (Lipinski definition) is 1. The Kier molecular flexibility index (Phi) is 4.32. The molecule has 0 aromatic heterocycles. The number of nitrogens with one attached hydrogen (secondary N) is 1. The van der Waals surface area contributed by atoms with Crippen LogP contribution in [-0.4, -0.2) is 0 Å². The fourth-order valence-corrected chi connectivity index (χ4v) is 2.07. The van der Waals surface area contributed by atoms with Gasteiger partial charge in [0.05, 0.1) is 5.56 Å². The molecule has 106 valence electrons. The van der Waals surface area contributed by atoms with Crippen LogP contribution in [0, 0.1) is 5.82 Å². The zero-order valence-electron chi connectivity index (χ0n) is 10.1. The highest BCUT2D eigenvalue weighted by Gasteiger charge is 2.30. The van der Waals surface area contributed by atoms with Crippen LogP contribution in [-0.2, 0) is 12.7 Å². The summed E-state index contributed by atoms with van der Waals surface area (Å²) in [6, 6.07) is 9.22. The van der Waals surface area contributed by atoms with Crippen molar-refractivity contribution in [1.29, 1.82) is 0 Å². The van der Waals surface area contributed by atoms with Gasteiger partial charge in [-0.2, -0.15) is 13.2 Å². The van der Waals surface area contributed by atoms with E-state index in [9.17, 15) is 17.6 Å². The molecule has 2 aromatic rings. The molecule has 0 amide bonds. The lowest BCUT2D eigenvalue weighted by molar-refractivity contribution is -0.137. The van der Waals surface area contributed by atoms with E-state index < -0.39 is 11.7 Å². The molecule has 0 radical (unpaired) electrons. The van der Waals surface area contributed by atoms with Gasteiger partial charge >= 0.3 is 6.18 Å². The van der Waals surface area contributed by atoms with Crippen LogP contribution in [0.4, 0.5) is 23.2 Å². The lowest BCUT2D eigenvalue weighted by Crippen LogP contribution is -2.07. The summed E-state index contributed by atoms with van der Waals surface area (Å²) in [7, 11) is 0. The molecule has 0 bridgehead atoms. The summed E-state index contributed by atoms with van der Waals surface area (Å²) in [5.74, 6) is -0.382. The first-order valence-corrected chi connectivity index (χ1v) is 6.50. The van der Waals surface area contributed by atoms with Crippen LogP contribution in [0.5, 0.6) is 0 Å². The smallest absolute Gasteiger partial charge is 0.380 e. The summed E-state index contributed by atoms with van der Waals surface area (Å²) in [6.45, 7) is 0.234. The average molecular weight is 348 g/mol. The molecule has 2 rings (SSSR count). The fraction of sp³-hybridized carbons (Fsp3) is 0.143. The summed E-state index contributed by atoms with van der Waals surface area (Å²) >= 11 is 3.18. The van der Waals surface area contributed by atoms with Gasteiger partial charge in [-0.25, -0.2) is 4.39 Å². The molecule has 20 heavy (non-hydrogen) atoms. The highest BCUT2D eigenvalue weighted by Crippen LogP contribution is 2.34.